The van der Waals surface area contributed by atoms with Crippen LogP contribution in [0.1, 0.15) is 5.56 Å². The number of aldehydes is 1. The third-order valence-corrected chi connectivity index (χ3v) is 1.75. The van der Waals surface area contributed by atoms with Gasteiger partial charge in [0, 0.05) is 12.0 Å². The average molecular weight is 189 g/mol. The molecule has 0 aromatic heterocycles. The van der Waals surface area contributed by atoms with Crippen molar-refractivity contribution >= 4 is 17.9 Å². The molecule has 0 bridgehead atoms. The number of rotatable bonds is 2. The molecular weight excluding hydrogens is 183 g/mol. The van der Waals surface area contributed by atoms with Gasteiger partial charge in [0.15, 0.2) is 11.6 Å². The molecule has 0 spiro atoms. The molecule has 0 heterocycles. The van der Waals surface area contributed by atoms with Crippen LogP contribution in [0.25, 0.3) is 0 Å². The Morgan fingerprint density at radius 1 is 1.58 bits per heavy atom. The van der Waals surface area contributed by atoms with E-state index in [-0.39, 0.29) is 17.0 Å². The lowest BCUT2D eigenvalue weighted by Crippen LogP contribution is -1.89. The van der Waals surface area contributed by atoms with E-state index in [4.69, 9.17) is 16.7 Å². The summed E-state index contributed by atoms with van der Waals surface area (Å²) in [6, 6.07) is 2.71. The van der Waals surface area contributed by atoms with E-state index in [9.17, 15) is 9.18 Å². The van der Waals surface area contributed by atoms with E-state index < -0.39 is 11.6 Å². The van der Waals surface area contributed by atoms with Gasteiger partial charge in [-0.25, -0.2) is 4.39 Å². The van der Waals surface area contributed by atoms with Crippen LogP contribution in [0, 0.1) is 5.82 Å². The number of aromatic hydroxyl groups is 1. The maximum absolute atomic E-state index is 12.8. The van der Waals surface area contributed by atoms with Gasteiger partial charge in [0.25, 0.3) is 0 Å². The highest BCUT2D eigenvalue weighted by Crippen LogP contribution is 2.27. The molecule has 2 nitrogen and oxygen atoms in total. The lowest BCUT2D eigenvalue weighted by atomic mass is 10.1. The van der Waals surface area contributed by atoms with E-state index in [2.05, 4.69) is 0 Å². The molecule has 0 unspecified atom stereocenters. The first-order chi connectivity index (χ1) is 5.66. The summed E-state index contributed by atoms with van der Waals surface area (Å²) in [6.45, 7) is 0. The minimum absolute atomic E-state index is 0.0140. The molecule has 1 aromatic rings. The molecule has 0 amide bonds. The molecule has 0 saturated heterocycles. The molecule has 1 aromatic carbocycles. The van der Waals surface area contributed by atoms with E-state index in [0.29, 0.717) is 6.29 Å². The fraction of sp³-hybridized carbons (Fsp3) is 0.125. The minimum Gasteiger partial charge on any atom is -0.505 e. The number of benzene rings is 1. The molecule has 0 saturated carbocycles. The molecule has 1 rings (SSSR count). The van der Waals surface area contributed by atoms with Crippen molar-refractivity contribution in [3.8, 4) is 5.75 Å². The van der Waals surface area contributed by atoms with Crippen molar-refractivity contribution in [2.24, 2.45) is 0 Å². The summed E-state index contributed by atoms with van der Waals surface area (Å²) in [5.74, 6) is -1.43. The molecule has 0 atom stereocenters. The van der Waals surface area contributed by atoms with Gasteiger partial charge in [-0.1, -0.05) is 17.7 Å². The molecule has 0 fully saturated rings. The fourth-order valence-corrected chi connectivity index (χ4v) is 0.987. The molecule has 1 N–H and O–H groups in total. The largest absolute Gasteiger partial charge is 0.505 e. The number of hydrogen-bond acceptors (Lipinski definition) is 2. The normalized spacial score (nSPS) is 9.83. The maximum Gasteiger partial charge on any atom is 0.183 e. The van der Waals surface area contributed by atoms with Gasteiger partial charge >= 0.3 is 0 Å². The van der Waals surface area contributed by atoms with Gasteiger partial charge in [0.2, 0.25) is 0 Å². The SMILES string of the molecule is O=CCc1ccc(Cl)c(F)c1O. The number of hydrogen-bond donors (Lipinski definition) is 1. The van der Waals surface area contributed by atoms with Gasteiger partial charge in [0.05, 0.1) is 5.02 Å². The Kier molecular flexibility index (Phi) is 2.65. The second-order valence-corrected chi connectivity index (χ2v) is 2.65. The monoisotopic (exact) mass is 188 g/mol. The molecule has 0 radical (unpaired) electrons. The van der Waals surface area contributed by atoms with Crippen LogP contribution < -0.4 is 0 Å². The lowest BCUT2D eigenvalue weighted by molar-refractivity contribution is -0.107. The zero-order valence-electron chi connectivity index (χ0n) is 6.05. The Balaban J connectivity index is 3.16. The van der Waals surface area contributed by atoms with Crippen LogP contribution in [0.5, 0.6) is 5.75 Å². The summed E-state index contributed by atoms with van der Waals surface area (Å²) in [7, 11) is 0. The minimum atomic E-state index is -0.879. The highest BCUT2D eigenvalue weighted by atomic mass is 35.5. The first kappa shape index (κ1) is 9.00. The molecule has 64 valence electrons. The van der Waals surface area contributed by atoms with E-state index in [1.165, 1.54) is 12.1 Å². The van der Waals surface area contributed by atoms with Crippen LogP contribution in [-0.2, 0) is 11.2 Å². The number of halogens is 2. The van der Waals surface area contributed by atoms with Gasteiger partial charge < -0.3 is 9.90 Å². The smallest absolute Gasteiger partial charge is 0.183 e. The quantitative estimate of drug-likeness (QED) is 0.720. The van der Waals surface area contributed by atoms with Crippen LogP contribution in [0.3, 0.4) is 0 Å². The third kappa shape index (κ3) is 1.56. The molecule has 4 heteroatoms. The molecule has 12 heavy (non-hydrogen) atoms. The Morgan fingerprint density at radius 2 is 2.25 bits per heavy atom. The standard InChI is InChI=1S/C8H6ClFO2/c9-6-2-1-5(3-4-11)8(12)7(6)10/h1-2,4,12H,3H2. The van der Waals surface area contributed by atoms with Crippen LogP contribution >= 0.6 is 11.6 Å². The number of phenols is 1. The predicted octanol–water partition coefficient (Wildman–Crippen LogP) is 1.93. The summed E-state index contributed by atoms with van der Waals surface area (Å²) in [5.41, 5.74) is 0.243. The number of carbonyl (C=O) groups excluding carboxylic acids is 1. The van der Waals surface area contributed by atoms with Crippen molar-refractivity contribution in [2.75, 3.05) is 0 Å². The van der Waals surface area contributed by atoms with Crippen molar-refractivity contribution < 1.29 is 14.3 Å². The van der Waals surface area contributed by atoms with Gasteiger partial charge in [0.1, 0.15) is 6.29 Å². The predicted molar refractivity (Wildman–Crippen MR) is 42.8 cm³/mol. The summed E-state index contributed by atoms with van der Waals surface area (Å²) < 4.78 is 12.8. The summed E-state index contributed by atoms with van der Waals surface area (Å²) >= 11 is 5.36. The second kappa shape index (κ2) is 3.54. The summed E-state index contributed by atoms with van der Waals surface area (Å²) in [4.78, 5) is 10.1. The highest BCUT2D eigenvalue weighted by molar-refractivity contribution is 6.30. The van der Waals surface area contributed by atoms with Crippen LogP contribution in [-0.4, -0.2) is 11.4 Å². The van der Waals surface area contributed by atoms with Crippen LogP contribution in [0.2, 0.25) is 5.02 Å². The Hall–Kier alpha value is -1.09. The Bertz CT molecular complexity index is 312. The van der Waals surface area contributed by atoms with Gasteiger partial charge in [-0.05, 0) is 6.07 Å². The van der Waals surface area contributed by atoms with E-state index in [1.807, 2.05) is 0 Å². The zero-order valence-corrected chi connectivity index (χ0v) is 6.81. The average Bonchev–Trinajstić information content (AvgIpc) is 2.07. The van der Waals surface area contributed by atoms with Crippen molar-refractivity contribution in [3.05, 3.63) is 28.5 Å². The first-order valence-electron chi connectivity index (χ1n) is 3.26. The highest BCUT2D eigenvalue weighted by Gasteiger charge is 2.09. The van der Waals surface area contributed by atoms with Gasteiger partial charge in [-0.3, -0.25) is 0 Å². The summed E-state index contributed by atoms with van der Waals surface area (Å²) in [6.07, 6.45) is 0.572. The molecule has 0 aliphatic heterocycles. The lowest BCUT2D eigenvalue weighted by Gasteiger charge is -2.02. The van der Waals surface area contributed by atoms with Crippen molar-refractivity contribution in [2.45, 2.75) is 6.42 Å². The molecular formula is C8H6ClFO2. The third-order valence-electron chi connectivity index (χ3n) is 1.46. The molecule has 0 aliphatic carbocycles. The fourth-order valence-electron chi connectivity index (χ4n) is 0.834. The maximum atomic E-state index is 12.8. The van der Waals surface area contributed by atoms with Gasteiger partial charge in [-0.2, -0.15) is 0 Å². The molecule has 0 aliphatic rings. The van der Waals surface area contributed by atoms with Gasteiger partial charge in [-0.15, -0.1) is 0 Å². The number of carbonyl (C=O) groups is 1. The van der Waals surface area contributed by atoms with E-state index in [1.54, 1.807) is 0 Å². The topological polar surface area (TPSA) is 37.3 Å². The first-order valence-corrected chi connectivity index (χ1v) is 3.64. The van der Waals surface area contributed by atoms with Crippen LogP contribution in [0.15, 0.2) is 12.1 Å². The Morgan fingerprint density at radius 3 is 2.83 bits per heavy atom. The van der Waals surface area contributed by atoms with Crippen LogP contribution in [0.4, 0.5) is 4.39 Å². The zero-order chi connectivity index (χ0) is 9.14. The number of phenolic OH excluding ortho intramolecular Hbond substituents is 1. The van der Waals surface area contributed by atoms with Crippen molar-refractivity contribution in [1.29, 1.82) is 0 Å². The van der Waals surface area contributed by atoms with Crippen molar-refractivity contribution in [3.63, 3.8) is 0 Å². The van der Waals surface area contributed by atoms with Crippen molar-refractivity contribution in [1.82, 2.24) is 0 Å². The summed E-state index contributed by atoms with van der Waals surface area (Å²) in [5, 5.41) is 8.94. The Labute approximate surface area is 73.6 Å². The van der Waals surface area contributed by atoms with E-state index >= 15 is 0 Å². The second-order valence-electron chi connectivity index (χ2n) is 2.24. The van der Waals surface area contributed by atoms with E-state index in [0.717, 1.165) is 0 Å².